The minimum absolute atomic E-state index is 0.392. The fraction of sp³-hybridized carbons (Fsp3) is 0.250. The summed E-state index contributed by atoms with van der Waals surface area (Å²) in [5, 5.41) is 3.83. The van der Waals surface area contributed by atoms with Crippen molar-refractivity contribution in [3.05, 3.63) is 57.0 Å². The number of hydrogen-bond donors (Lipinski definition) is 1. The first-order chi connectivity index (χ1) is 10.2. The van der Waals surface area contributed by atoms with Crippen molar-refractivity contribution in [1.82, 2.24) is 5.32 Å². The molecule has 2 aromatic rings. The van der Waals surface area contributed by atoms with Crippen molar-refractivity contribution >= 4 is 27.5 Å². The highest BCUT2D eigenvalue weighted by Crippen LogP contribution is 2.37. The molecule has 0 aliphatic rings. The monoisotopic (exact) mass is 369 g/mol. The van der Waals surface area contributed by atoms with Crippen LogP contribution in [0, 0.1) is 0 Å². The molecule has 0 aromatic heterocycles. The van der Waals surface area contributed by atoms with Gasteiger partial charge in [0.25, 0.3) is 0 Å². The highest BCUT2D eigenvalue weighted by atomic mass is 79.9. The molecule has 3 nitrogen and oxygen atoms in total. The Morgan fingerprint density at radius 1 is 1.19 bits per heavy atom. The quantitative estimate of drug-likeness (QED) is 0.817. The third-order valence-corrected chi connectivity index (χ3v) is 4.18. The second-order valence-electron chi connectivity index (χ2n) is 4.47. The minimum Gasteiger partial charge on any atom is -0.493 e. The fourth-order valence-corrected chi connectivity index (χ4v) is 2.65. The van der Waals surface area contributed by atoms with E-state index < -0.39 is 0 Å². The first kappa shape index (κ1) is 16.1. The molecule has 21 heavy (non-hydrogen) atoms. The zero-order valence-corrected chi connectivity index (χ0v) is 14.3. The number of methoxy groups -OCH3 is 1. The van der Waals surface area contributed by atoms with Crippen molar-refractivity contribution in [2.24, 2.45) is 0 Å². The molecule has 0 radical (unpaired) electrons. The Balaban J connectivity index is 2.29. The van der Waals surface area contributed by atoms with Gasteiger partial charge in [0.15, 0.2) is 11.5 Å². The number of hydrogen-bond acceptors (Lipinski definition) is 3. The zero-order chi connectivity index (χ0) is 15.2. The number of benzene rings is 2. The summed E-state index contributed by atoms with van der Waals surface area (Å²) in [7, 11) is 3.53. The van der Waals surface area contributed by atoms with E-state index in [1.807, 2.05) is 43.4 Å². The highest BCUT2D eigenvalue weighted by Gasteiger charge is 2.14. The van der Waals surface area contributed by atoms with Gasteiger partial charge in [-0.25, -0.2) is 0 Å². The topological polar surface area (TPSA) is 30.5 Å². The van der Waals surface area contributed by atoms with E-state index >= 15 is 0 Å². The molecule has 0 unspecified atom stereocenters. The smallest absolute Gasteiger partial charge is 0.167 e. The number of rotatable bonds is 6. The molecule has 2 aromatic carbocycles. The zero-order valence-electron chi connectivity index (χ0n) is 12.0. The van der Waals surface area contributed by atoms with Gasteiger partial charge < -0.3 is 14.8 Å². The lowest BCUT2D eigenvalue weighted by Gasteiger charge is -2.17. The van der Waals surface area contributed by atoms with Gasteiger partial charge in [0.05, 0.1) is 7.11 Å². The van der Waals surface area contributed by atoms with Crippen molar-refractivity contribution in [2.45, 2.75) is 13.2 Å². The molecule has 5 heteroatoms. The Bertz CT molecular complexity index is 619. The Morgan fingerprint density at radius 3 is 2.62 bits per heavy atom. The van der Waals surface area contributed by atoms with Crippen LogP contribution in [0.4, 0.5) is 0 Å². The van der Waals surface area contributed by atoms with Crippen LogP contribution in [-0.2, 0) is 13.2 Å². The minimum atomic E-state index is 0.392. The Morgan fingerprint density at radius 2 is 1.95 bits per heavy atom. The van der Waals surface area contributed by atoms with E-state index in [0.717, 1.165) is 21.3 Å². The first-order valence-electron chi connectivity index (χ1n) is 6.53. The highest BCUT2D eigenvalue weighted by molar-refractivity contribution is 9.10. The lowest BCUT2D eigenvalue weighted by molar-refractivity contribution is 0.280. The van der Waals surface area contributed by atoms with Crippen LogP contribution in [0.3, 0.4) is 0 Å². The molecule has 112 valence electrons. The third-order valence-electron chi connectivity index (χ3n) is 3.07. The Kier molecular flexibility index (Phi) is 5.91. The second-order valence-corrected chi connectivity index (χ2v) is 5.73. The van der Waals surface area contributed by atoms with Crippen LogP contribution in [0.5, 0.6) is 11.5 Å². The summed E-state index contributed by atoms with van der Waals surface area (Å²) in [5.74, 6) is 1.43. The van der Waals surface area contributed by atoms with Gasteiger partial charge in [-0.1, -0.05) is 45.7 Å². The maximum Gasteiger partial charge on any atom is 0.167 e. The molecule has 0 atom stereocenters. The van der Waals surface area contributed by atoms with Gasteiger partial charge in [-0.05, 0) is 25.2 Å². The molecule has 0 aliphatic heterocycles. The lowest BCUT2D eigenvalue weighted by Crippen LogP contribution is -2.09. The van der Waals surface area contributed by atoms with E-state index in [9.17, 15) is 0 Å². The third kappa shape index (κ3) is 3.90. The van der Waals surface area contributed by atoms with Gasteiger partial charge >= 0.3 is 0 Å². The summed E-state index contributed by atoms with van der Waals surface area (Å²) in [6.45, 7) is 1.07. The van der Waals surface area contributed by atoms with Crippen molar-refractivity contribution < 1.29 is 9.47 Å². The van der Waals surface area contributed by atoms with E-state index in [1.165, 1.54) is 0 Å². The first-order valence-corrected chi connectivity index (χ1v) is 7.70. The van der Waals surface area contributed by atoms with Crippen LogP contribution < -0.4 is 14.8 Å². The maximum absolute atomic E-state index is 6.16. The molecule has 1 N–H and O–H groups in total. The summed E-state index contributed by atoms with van der Waals surface area (Å²) >= 11 is 9.71. The molecule has 0 spiro atoms. The van der Waals surface area contributed by atoms with Crippen molar-refractivity contribution in [2.75, 3.05) is 14.2 Å². The molecule has 0 amide bonds. The molecule has 0 saturated heterocycles. The van der Waals surface area contributed by atoms with E-state index in [0.29, 0.717) is 23.9 Å². The number of nitrogens with one attached hydrogen (secondary N) is 1. The predicted molar refractivity (Wildman–Crippen MR) is 89.2 cm³/mol. The lowest BCUT2D eigenvalue weighted by atomic mass is 10.1. The van der Waals surface area contributed by atoms with Gasteiger partial charge in [-0.2, -0.15) is 0 Å². The van der Waals surface area contributed by atoms with Gasteiger partial charge in [0.1, 0.15) is 6.61 Å². The van der Waals surface area contributed by atoms with Gasteiger partial charge in [-0.15, -0.1) is 0 Å². The van der Waals surface area contributed by atoms with Crippen LogP contribution in [0.15, 0.2) is 40.9 Å². The largest absolute Gasteiger partial charge is 0.493 e. The Labute approximate surface area is 138 Å². The van der Waals surface area contributed by atoms with Crippen LogP contribution >= 0.6 is 27.5 Å². The summed E-state index contributed by atoms with van der Waals surface area (Å²) < 4.78 is 12.4. The van der Waals surface area contributed by atoms with Gasteiger partial charge in [0, 0.05) is 27.2 Å². The van der Waals surface area contributed by atoms with Crippen molar-refractivity contribution in [1.29, 1.82) is 0 Å². The van der Waals surface area contributed by atoms with Crippen LogP contribution in [0.2, 0.25) is 5.02 Å². The number of halogens is 2. The molecule has 2 rings (SSSR count). The van der Waals surface area contributed by atoms with E-state index in [4.69, 9.17) is 21.1 Å². The second kappa shape index (κ2) is 7.69. The van der Waals surface area contributed by atoms with E-state index in [1.54, 1.807) is 7.11 Å². The Hall–Kier alpha value is -1.23. The van der Waals surface area contributed by atoms with E-state index in [-0.39, 0.29) is 0 Å². The predicted octanol–water partition coefficient (Wildman–Crippen LogP) is 4.41. The molecule has 0 saturated carbocycles. The molecule has 0 fully saturated rings. The van der Waals surface area contributed by atoms with Crippen LogP contribution in [0.25, 0.3) is 0 Å². The summed E-state index contributed by atoms with van der Waals surface area (Å²) in [6, 6.07) is 11.5. The molecular formula is C16H17BrClNO2. The fourth-order valence-electron chi connectivity index (χ4n) is 2.01. The standard InChI is InChI=1S/C16H17BrClNO2/c1-19-9-12-13(17)7-8-15(20-2)16(12)21-10-11-5-3-4-6-14(11)18/h3-8,19H,9-10H2,1-2H3. The average Bonchev–Trinajstić information content (AvgIpc) is 2.49. The SMILES string of the molecule is CNCc1c(Br)ccc(OC)c1OCc1ccccc1Cl. The number of ether oxygens (including phenoxy) is 2. The van der Waals surface area contributed by atoms with Crippen LogP contribution in [-0.4, -0.2) is 14.2 Å². The molecule has 0 heterocycles. The average molecular weight is 371 g/mol. The molecule has 0 bridgehead atoms. The normalized spacial score (nSPS) is 10.5. The van der Waals surface area contributed by atoms with Crippen molar-refractivity contribution in [3.63, 3.8) is 0 Å². The van der Waals surface area contributed by atoms with E-state index in [2.05, 4.69) is 21.2 Å². The summed E-state index contributed by atoms with van der Waals surface area (Å²) in [5.41, 5.74) is 1.96. The van der Waals surface area contributed by atoms with Crippen LogP contribution in [0.1, 0.15) is 11.1 Å². The molecule has 0 aliphatic carbocycles. The summed E-state index contributed by atoms with van der Waals surface area (Å²) in [6.07, 6.45) is 0. The van der Waals surface area contributed by atoms with Crippen molar-refractivity contribution in [3.8, 4) is 11.5 Å². The molecular weight excluding hydrogens is 354 g/mol. The summed E-state index contributed by atoms with van der Waals surface area (Å²) in [4.78, 5) is 0. The van der Waals surface area contributed by atoms with Gasteiger partial charge in [0.2, 0.25) is 0 Å². The van der Waals surface area contributed by atoms with Gasteiger partial charge in [-0.3, -0.25) is 0 Å². The maximum atomic E-state index is 6.16.